The molecule has 1 amide bonds. The fraction of sp³-hybridized carbons (Fsp3) is 0.286. The number of aryl methyl sites for hydroxylation is 4. The molecule has 3 nitrogen and oxygen atoms in total. The van der Waals surface area contributed by atoms with Crippen molar-refractivity contribution in [1.29, 1.82) is 0 Å². The molecule has 0 aliphatic rings. The summed E-state index contributed by atoms with van der Waals surface area (Å²) >= 11 is 0. The molecule has 3 heteroatoms. The molecule has 0 saturated heterocycles. The van der Waals surface area contributed by atoms with Crippen molar-refractivity contribution in [2.75, 3.05) is 5.32 Å². The largest absolute Gasteiger partial charge is 0.337 e. The highest BCUT2D eigenvalue weighted by Gasteiger charge is 2.20. The molecule has 0 bridgehead atoms. The van der Waals surface area contributed by atoms with Crippen molar-refractivity contribution in [3.8, 4) is 0 Å². The molecule has 0 atom stereocenters. The normalized spacial score (nSPS) is 11.0. The number of rotatable bonds is 4. The van der Waals surface area contributed by atoms with Gasteiger partial charge in [0.15, 0.2) is 0 Å². The Hall–Kier alpha value is -2.55. The van der Waals surface area contributed by atoms with Gasteiger partial charge in [-0.25, -0.2) is 0 Å². The molecule has 3 rings (SSSR count). The number of fused-ring (bicyclic) bond motifs is 1. The minimum Gasteiger partial charge on any atom is -0.337 e. The molecule has 124 valence electrons. The number of para-hydroxylation sites is 2. The Bertz CT molecular complexity index is 906. The number of hydrogen-bond acceptors (Lipinski definition) is 1. The number of anilines is 1. The van der Waals surface area contributed by atoms with E-state index < -0.39 is 0 Å². The topological polar surface area (TPSA) is 34.0 Å². The summed E-state index contributed by atoms with van der Waals surface area (Å²) in [7, 11) is 0. The van der Waals surface area contributed by atoms with Crippen LogP contribution < -0.4 is 5.32 Å². The summed E-state index contributed by atoms with van der Waals surface area (Å²) in [4.78, 5) is 13.1. The van der Waals surface area contributed by atoms with Crippen molar-refractivity contribution >= 4 is 22.5 Å². The quantitative estimate of drug-likeness (QED) is 0.713. The zero-order chi connectivity index (χ0) is 17.3. The van der Waals surface area contributed by atoms with Gasteiger partial charge in [-0.05, 0) is 49.9 Å². The highest BCUT2D eigenvalue weighted by Crippen LogP contribution is 2.28. The van der Waals surface area contributed by atoms with E-state index in [1.807, 2.05) is 38.1 Å². The predicted octanol–water partition coefficient (Wildman–Crippen LogP) is 5.09. The first-order valence-electron chi connectivity index (χ1n) is 8.56. The van der Waals surface area contributed by atoms with Crippen LogP contribution in [-0.2, 0) is 13.0 Å². The SMILES string of the molecule is CCc1cccc(C)c1NC(=O)c1c(C)c2ccccc2n1CC. The summed E-state index contributed by atoms with van der Waals surface area (Å²) in [6.07, 6.45) is 0.896. The van der Waals surface area contributed by atoms with Gasteiger partial charge in [0.2, 0.25) is 0 Å². The van der Waals surface area contributed by atoms with Crippen LogP contribution in [0.4, 0.5) is 5.69 Å². The molecular formula is C21H24N2O. The zero-order valence-corrected chi connectivity index (χ0v) is 14.8. The maximum atomic E-state index is 13.1. The molecule has 0 saturated carbocycles. The first-order chi connectivity index (χ1) is 11.6. The van der Waals surface area contributed by atoms with Gasteiger partial charge in [0, 0.05) is 23.1 Å². The van der Waals surface area contributed by atoms with Crippen molar-refractivity contribution in [2.24, 2.45) is 0 Å². The summed E-state index contributed by atoms with van der Waals surface area (Å²) in [6, 6.07) is 14.4. The lowest BCUT2D eigenvalue weighted by Crippen LogP contribution is -2.19. The first kappa shape index (κ1) is 16.3. The van der Waals surface area contributed by atoms with E-state index in [1.165, 1.54) is 5.56 Å². The Morgan fingerprint density at radius 2 is 1.79 bits per heavy atom. The Labute approximate surface area is 143 Å². The predicted molar refractivity (Wildman–Crippen MR) is 101 cm³/mol. The first-order valence-corrected chi connectivity index (χ1v) is 8.56. The lowest BCUT2D eigenvalue weighted by atomic mass is 10.1. The van der Waals surface area contributed by atoms with Gasteiger partial charge in [0.1, 0.15) is 5.69 Å². The van der Waals surface area contributed by atoms with E-state index in [1.54, 1.807) is 0 Å². The van der Waals surface area contributed by atoms with Gasteiger partial charge in [-0.2, -0.15) is 0 Å². The lowest BCUT2D eigenvalue weighted by molar-refractivity contribution is 0.101. The van der Waals surface area contributed by atoms with E-state index in [4.69, 9.17) is 0 Å². The molecule has 1 N–H and O–H groups in total. The van der Waals surface area contributed by atoms with Crippen molar-refractivity contribution in [2.45, 2.75) is 40.7 Å². The van der Waals surface area contributed by atoms with Crippen molar-refractivity contribution in [1.82, 2.24) is 4.57 Å². The third-order valence-electron chi connectivity index (χ3n) is 4.73. The maximum absolute atomic E-state index is 13.1. The fourth-order valence-corrected chi connectivity index (χ4v) is 3.47. The van der Waals surface area contributed by atoms with Gasteiger partial charge in [-0.15, -0.1) is 0 Å². The summed E-state index contributed by atoms with van der Waals surface area (Å²) < 4.78 is 2.10. The number of aromatic nitrogens is 1. The fourth-order valence-electron chi connectivity index (χ4n) is 3.47. The summed E-state index contributed by atoms with van der Waals surface area (Å²) in [5, 5.41) is 4.31. The molecular weight excluding hydrogens is 296 g/mol. The average molecular weight is 320 g/mol. The monoisotopic (exact) mass is 320 g/mol. The third-order valence-corrected chi connectivity index (χ3v) is 4.73. The molecule has 1 heterocycles. The minimum atomic E-state index is -0.0328. The van der Waals surface area contributed by atoms with Crippen LogP contribution in [0, 0.1) is 13.8 Å². The number of nitrogens with zero attached hydrogens (tertiary/aromatic N) is 1. The van der Waals surface area contributed by atoms with Crippen molar-refractivity contribution < 1.29 is 4.79 Å². The van der Waals surface area contributed by atoms with Crippen LogP contribution in [0.3, 0.4) is 0 Å². The molecule has 3 aromatic rings. The minimum absolute atomic E-state index is 0.0328. The molecule has 24 heavy (non-hydrogen) atoms. The standard InChI is InChI=1S/C21H24N2O/c1-5-16-11-9-10-14(3)19(16)22-21(24)20-15(4)17-12-7-8-13-18(17)23(20)6-2/h7-13H,5-6H2,1-4H3,(H,22,24). The number of nitrogens with one attached hydrogen (secondary N) is 1. The van der Waals surface area contributed by atoms with Crippen LogP contribution in [0.2, 0.25) is 0 Å². The maximum Gasteiger partial charge on any atom is 0.272 e. The number of benzene rings is 2. The number of amides is 1. The Morgan fingerprint density at radius 3 is 2.50 bits per heavy atom. The van der Waals surface area contributed by atoms with Gasteiger partial charge in [0.05, 0.1) is 0 Å². The Balaban J connectivity index is 2.09. The van der Waals surface area contributed by atoms with Crippen molar-refractivity contribution in [3.05, 3.63) is 64.8 Å². The van der Waals surface area contributed by atoms with E-state index in [0.717, 1.165) is 46.4 Å². The van der Waals surface area contributed by atoms with Gasteiger partial charge in [0.25, 0.3) is 5.91 Å². The van der Waals surface area contributed by atoms with Crippen LogP contribution >= 0.6 is 0 Å². The van der Waals surface area contributed by atoms with E-state index >= 15 is 0 Å². The Morgan fingerprint density at radius 1 is 1.04 bits per heavy atom. The molecule has 0 radical (unpaired) electrons. The summed E-state index contributed by atoms with van der Waals surface area (Å²) in [5.74, 6) is -0.0328. The van der Waals surface area contributed by atoms with Crippen LogP contribution in [-0.4, -0.2) is 10.5 Å². The van der Waals surface area contributed by atoms with Crippen LogP contribution in [0.1, 0.15) is 41.0 Å². The average Bonchev–Trinajstić information content (AvgIpc) is 2.89. The van der Waals surface area contributed by atoms with Gasteiger partial charge >= 0.3 is 0 Å². The second-order valence-electron chi connectivity index (χ2n) is 6.15. The number of carbonyl (C=O) groups is 1. The molecule has 2 aromatic carbocycles. The highest BCUT2D eigenvalue weighted by molar-refractivity contribution is 6.09. The second-order valence-corrected chi connectivity index (χ2v) is 6.15. The van der Waals surface area contributed by atoms with Gasteiger partial charge < -0.3 is 9.88 Å². The van der Waals surface area contributed by atoms with E-state index in [2.05, 4.69) is 41.9 Å². The van der Waals surface area contributed by atoms with Crippen LogP contribution in [0.5, 0.6) is 0 Å². The summed E-state index contributed by atoms with van der Waals surface area (Å²) in [5.41, 5.74) is 6.11. The van der Waals surface area contributed by atoms with E-state index in [-0.39, 0.29) is 5.91 Å². The van der Waals surface area contributed by atoms with Crippen LogP contribution in [0.15, 0.2) is 42.5 Å². The van der Waals surface area contributed by atoms with Gasteiger partial charge in [-0.3, -0.25) is 4.79 Å². The third kappa shape index (κ3) is 2.60. The molecule has 0 fully saturated rings. The molecule has 0 spiro atoms. The lowest BCUT2D eigenvalue weighted by Gasteiger charge is -2.14. The van der Waals surface area contributed by atoms with Gasteiger partial charge in [-0.1, -0.05) is 43.3 Å². The molecule has 0 aliphatic carbocycles. The van der Waals surface area contributed by atoms with Crippen LogP contribution in [0.25, 0.3) is 10.9 Å². The zero-order valence-electron chi connectivity index (χ0n) is 14.8. The molecule has 1 aromatic heterocycles. The second kappa shape index (κ2) is 6.52. The summed E-state index contributed by atoms with van der Waals surface area (Å²) in [6.45, 7) is 9.02. The molecule has 0 unspecified atom stereocenters. The smallest absolute Gasteiger partial charge is 0.272 e. The number of carbonyl (C=O) groups excluding carboxylic acids is 1. The molecule has 0 aliphatic heterocycles. The van der Waals surface area contributed by atoms with E-state index in [0.29, 0.717) is 0 Å². The van der Waals surface area contributed by atoms with Crippen molar-refractivity contribution in [3.63, 3.8) is 0 Å². The van der Waals surface area contributed by atoms with E-state index in [9.17, 15) is 4.79 Å². The highest BCUT2D eigenvalue weighted by atomic mass is 16.2. The number of hydrogen-bond donors (Lipinski definition) is 1. The Kier molecular flexibility index (Phi) is 4.43.